The maximum Gasteiger partial charge on any atom is 0.161 e. The van der Waals surface area contributed by atoms with Crippen LogP contribution in [0.4, 0.5) is 0 Å². The molecule has 0 radical (unpaired) electrons. The normalized spacial score (nSPS) is 17.3. The molecule has 2 aromatic rings. The van der Waals surface area contributed by atoms with Crippen molar-refractivity contribution in [3.05, 3.63) is 42.5 Å². The maximum atomic E-state index is 5.82. The number of H-pyrrole nitrogens is 1. The molecule has 0 fully saturated rings. The zero-order chi connectivity index (χ0) is 10.8. The second-order valence-electron chi connectivity index (χ2n) is 3.74. The van der Waals surface area contributed by atoms with Gasteiger partial charge in [-0.05, 0) is 12.1 Å². The van der Waals surface area contributed by atoms with Crippen molar-refractivity contribution in [1.82, 2.24) is 9.97 Å². The Hall–Kier alpha value is -1.68. The number of rotatable bonds is 2. The van der Waals surface area contributed by atoms with Gasteiger partial charge < -0.3 is 14.5 Å². The molecule has 1 atom stereocenters. The van der Waals surface area contributed by atoms with Crippen molar-refractivity contribution in [2.45, 2.75) is 12.5 Å². The van der Waals surface area contributed by atoms with Gasteiger partial charge in [-0.1, -0.05) is 12.1 Å². The summed E-state index contributed by atoms with van der Waals surface area (Å²) in [4.78, 5) is 7.24. The van der Waals surface area contributed by atoms with E-state index in [4.69, 9.17) is 9.47 Å². The van der Waals surface area contributed by atoms with E-state index in [9.17, 15) is 0 Å². The average Bonchev–Trinajstić information content (AvgIpc) is 2.82. The number of nitrogens with one attached hydrogen (secondary N) is 1. The molecule has 1 unspecified atom stereocenters. The van der Waals surface area contributed by atoms with Gasteiger partial charge in [-0.2, -0.15) is 0 Å². The fraction of sp³-hybridized carbons (Fsp3) is 0.250. The molecule has 1 aliphatic heterocycles. The molecule has 1 aliphatic rings. The number of para-hydroxylation sites is 2. The molecular weight excluding hydrogens is 240 g/mol. The first-order chi connectivity index (χ1) is 7.92. The van der Waals surface area contributed by atoms with Gasteiger partial charge >= 0.3 is 0 Å². The Morgan fingerprint density at radius 1 is 1.29 bits per heavy atom. The summed E-state index contributed by atoms with van der Waals surface area (Å²) in [7, 11) is 0. The lowest BCUT2D eigenvalue weighted by atomic mass is 10.2. The van der Waals surface area contributed by atoms with Gasteiger partial charge in [-0.25, -0.2) is 4.98 Å². The number of imidazole rings is 1. The highest BCUT2D eigenvalue weighted by molar-refractivity contribution is 5.85. The number of benzene rings is 1. The third-order valence-electron chi connectivity index (χ3n) is 2.54. The van der Waals surface area contributed by atoms with Gasteiger partial charge in [0.2, 0.25) is 0 Å². The van der Waals surface area contributed by atoms with E-state index in [1.807, 2.05) is 30.5 Å². The van der Waals surface area contributed by atoms with E-state index < -0.39 is 0 Å². The predicted octanol–water partition coefficient (Wildman–Crippen LogP) is 2.21. The van der Waals surface area contributed by atoms with Crippen LogP contribution in [0.5, 0.6) is 11.5 Å². The van der Waals surface area contributed by atoms with Crippen molar-refractivity contribution in [3.8, 4) is 11.5 Å². The average molecular weight is 253 g/mol. The molecule has 0 saturated heterocycles. The number of halogens is 1. The number of fused-ring (bicyclic) bond motifs is 1. The quantitative estimate of drug-likeness (QED) is 0.892. The Morgan fingerprint density at radius 2 is 2.12 bits per heavy atom. The van der Waals surface area contributed by atoms with E-state index in [1.165, 1.54) is 0 Å². The second-order valence-corrected chi connectivity index (χ2v) is 3.74. The van der Waals surface area contributed by atoms with E-state index in [-0.39, 0.29) is 18.5 Å². The molecule has 90 valence electrons. The molecule has 2 heterocycles. The topological polar surface area (TPSA) is 47.1 Å². The van der Waals surface area contributed by atoms with E-state index in [0.717, 1.165) is 23.7 Å². The number of ether oxygens (including phenoxy) is 2. The summed E-state index contributed by atoms with van der Waals surface area (Å²) >= 11 is 0. The summed E-state index contributed by atoms with van der Waals surface area (Å²) in [6.07, 6.45) is 4.32. The van der Waals surface area contributed by atoms with E-state index in [2.05, 4.69) is 9.97 Å². The molecule has 3 rings (SSSR count). The standard InChI is InChI=1S/C12H12N2O2.ClH/c1-2-4-11-10(3-1)15-8-9(16-11)7-12-13-5-6-14-12;/h1-6,9H,7-8H2,(H,13,14);1H. The Labute approximate surface area is 105 Å². The second kappa shape index (κ2) is 5.10. The largest absolute Gasteiger partial charge is 0.486 e. The molecule has 0 aliphatic carbocycles. The lowest BCUT2D eigenvalue weighted by Crippen LogP contribution is -2.31. The molecule has 0 bridgehead atoms. The van der Waals surface area contributed by atoms with Gasteiger partial charge in [-0.15, -0.1) is 12.4 Å². The molecule has 5 heteroatoms. The summed E-state index contributed by atoms with van der Waals surface area (Å²) in [6.45, 7) is 0.567. The smallest absolute Gasteiger partial charge is 0.161 e. The Bertz CT molecular complexity index is 473. The van der Waals surface area contributed by atoms with Crippen LogP contribution in [0.1, 0.15) is 5.82 Å². The zero-order valence-corrected chi connectivity index (χ0v) is 9.94. The molecule has 1 N–H and O–H groups in total. The fourth-order valence-electron chi connectivity index (χ4n) is 1.79. The predicted molar refractivity (Wildman–Crippen MR) is 65.9 cm³/mol. The van der Waals surface area contributed by atoms with Crippen LogP contribution >= 0.6 is 12.4 Å². The number of hydrogen-bond donors (Lipinski definition) is 1. The van der Waals surface area contributed by atoms with Crippen LogP contribution in [-0.2, 0) is 6.42 Å². The molecule has 1 aromatic heterocycles. The van der Waals surface area contributed by atoms with E-state index in [1.54, 1.807) is 6.20 Å². The lowest BCUT2D eigenvalue weighted by molar-refractivity contribution is 0.0900. The van der Waals surface area contributed by atoms with Crippen LogP contribution in [-0.4, -0.2) is 22.7 Å². The third kappa shape index (κ3) is 2.53. The maximum absolute atomic E-state index is 5.82. The Kier molecular flexibility index (Phi) is 3.54. The van der Waals surface area contributed by atoms with E-state index >= 15 is 0 Å². The van der Waals surface area contributed by atoms with Crippen molar-refractivity contribution >= 4 is 12.4 Å². The highest BCUT2D eigenvalue weighted by Crippen LogP contribution is 2.31. The molecule has 0 spiro atoms. The SMILES string of the molecule is Cl.c1ccc2c(c1)OCC(Cc1ncc[nH]1)O2. The zero-order valence-electron chi connectivity index (χ0n) is 9.13. The minimum atomic E-state index is 0. The molecular formula is C12H13ClN2O2. The first kappa shape index (κ1) is 11.8. The first-order valence-corrected chi connectivity index (χ1v) is 5.28. The first-order valence-electron chi connectivity index (χ1n) is 5.28. The van der Waals surface area contributed by atoms with Gasteiger partial charge in [0.15, 0.2) is 11.5 Å². The monoisotopic (exact) mass is 252 g/mol. The van der Waals surface area contributed by atoms with Crippen LogP contribution in [0, 0.1) is 0 Å². The summed E-state index contributed by atoms with van der Waals surface area (Å²) < 4.78 is 11.4. The van der Waals surface area contributed by atoms with Crippen LogP contribution < -0.4 is 9.47 Å². The van der Waals surface area contributed by atoms with Gasteiger partial charge in [0, 0.05) is 18.8 Å². The highest BCUT2D eigenvalue weighted by atomic mass is 35.5. The fourth-order valence-corrected chi connectivity index (χ4v) is 1.79. The Morgan fingerprint density at radius 3 is 2.88 bits per heavy atom. The van der Waals surface area contributed by atoms with Gasteiger partial charge in [0.1, 0.15) is 18.5 Å². The molecule has 0 amide bonds. The van der Waals surface area contributed by atoms with Crippen molar-refractivity contribution in [2.24, 2.45) is 0 Å². The number of nitrogens with zero attached hydrogens (tertiary/aromatic N) is 1. The minimum absolute atomic E-state index is 0. The van der Waals surface area contributed by atoms with Crippen molar-refractivity contribution < 1.29 is 9.47 Å². The molecule has 1 aromatic carbocycles. The molecule has 0 saturated carbocycles. The van der Waals surface area contributed by atoms with Crippen LogP contribution in [0.25, 0.3) is 0 Å². The van der Waals surface area contributed by atoms with Crippen molar-refractivity contribution in [2.75, 3.05) is 6.61 Å². The summed E-state index contributed by atoms with van der Waals surface area (Å²) in [5, 5.41) is 0. The minimum Gasteiger partial charge on any atom is -0.486 e. The number of aromatic nitrogens is 2. The van der Waals surface area contributed by atoms with Gasteiger partial charge in [0.25, 0.3) is 0 Å². The van der Waals surface area contributed by atoms with Crippen LogP contribution in [0.15, 0.2) is 36.7 Å². The summed E-state index contributed by atoms with van der Waals surface area (Å²) in [5.41, 5.74) is 0. The van der Waals surface area contributed by atoms with Gasteiger partial charge in [0.05, 0.1) is 0 Å². The number of hydrogen-bond acceptors (Lipinski definition) is 3. The van der Waals surface area contributed by atoms with Crippen LogP contribution in [0.3, 0.4) is 0 Å². The van der Waals surface area contributed by atoms with Crippen molar-refractivity contribution in [1.29, 1.82) is 0 Å². The van der Waals surface area contributed by atoms with Crippen molar-refractivity contribution in [3.63, 3.8) is 0 Å². The summed E-state index contributed by atoms with van der Waals surface area (Å²) in [5.74, 6) is 2.55. The Balaban J connectivity index is 0.00000108. The van der Waals surface area contributed by atoms with E-state index in [0.29, 0.717) is 6.61 Å². The summed E-state index contributed by atoms with van der Waals surface area (Å²) in [6, 6.07) is 7.72. The number of aromatic amines is 1. The third-order valence-corrected chi connectivity index (χ3v) is 2.54. The van der Waals surface area contributed by atoms with Gasteiger partial charge in [-0.3, -0.25) is 0 Å². The highest BCUT2D eigenvalue weighted by Gasteiger charge is 2.21. The molecule has 17 heavy (non-hydrogen) atoms. The van der Waals surface area contributed by atoms with Crippen LogP contribution in [0.2, 0.25) is 0 Å². The molecule has 4 nitrogen and oxygen atoms in total. The lowest BCUT2D eigenvalue weighted by Gasteiger charge is -2.25.